The number of nitrogens with zero attached hydrogens (tertiary/aromatic N) is 2. The molecule has 132 valence electrons. The number of hydrogen-bond acceptors (Lipinski definition) is 4. The lowest BCUT2D eigenvalue weighted by atomic mass is 9.97. The van der Waals surface area contributed by atoms with Crippen molar-refractivity contribution in [2.24, 2.45) is 5.92 Å². The Hall–Kier alpha value is -2.63. The molecule has 0 N–H and O–H groups in total. The number of pyridine rings is 1. The summed E-state index contributed by atoms with van der Waals surface area (Å²) in [5, 5.41) is 0.610. The Morgan fingerprint density at radius 2 is 1.88 bits per heavy atom. The van der Waals surface area contributed by atoms with Crippen LogP contribution in [0, 0.1) is 5.92 Å². The first-order valence-electron chi connectivity index (χ1n) is 8.62. The number of benzene rings is 1. The molecule has 6 heteroatoms. The van der Waals surface area contributed by atoms with E-state index in [9.17, 15) is 14.4 Å². The summed E-state index contributed by atoms with van der Waals surface area (Å²) in [4.78, 5) is 38.1. The molecule has 0 saturated carbocycles. The number of carbonyl (C=O) groups is 2. The summed E-state index contributed by atoms with van der Waals surface area (Å²) >= 11 is 0. The van der Waals surface area contributed by atoms with Crippen molar-refractivity contribution in [1.82, 2.24) is 9.47 Å². The van der Waals surface area contributed by atoms with E-state index < -0.39 is 0 Å². The standard InChI is InChI=1S/C19H22N2O4/c1-2-25-19(24)14-7-10-20(11-8-14)18(23)13-21-12-9-17(22)15-5-3-4-6-16(15)21/h3-6,9,12,14H,2,7-8,10-11,13H2,1H3. The zero-order valence-electron chi connectivity index (χ0n) is 14.3. The van der Waals surface area contributed by atoms with Gasteiger partial charge in [-0.05, 0) is 31.9 Å². The molecule has 2 heterocycles. The van der Waals surface area contributed by atoms with Gasteiger partial charge in [0.15, 0.2) is 5.43 Å². The number of rotatable bonds is 4. The highest BCUT2D eigenvalue weighted by molar-refractivity contribution is 5.82. The van der Waals surface area contributed by atoms with E-state index in [-0.39, 0.29) is 29.8 Å². The van der Waals surface area contributed by atoms with Crippen molar-refractivity contribution < 1.29 is 14.3 Å². The van der Waals surface area contributed by atoms with Crippen molar-refractivity contribution in [1.29, 1.82) is 0 Å². The Kier molecular flexibility index (Phi) is 5.16. The van der Waals surface area contributed by atoms with Crippen LogP contribution in [0.15, 0.2) is 41.3 Å². The molecule has 0 bridgehead atoms. The van der Waals surface area contributed by atoms with Crippen LogP contribution in [-0.2, 0) is 20.9 Å². The number of amides is 1. The lowest BCUT2D eigenvalue weighted by Crippen LogP contribution is -2.42. The molecule has 25 heavy (non-hydrogen) atoms. The second-order valence-electron chi connectivity index (χ2n) is 6.23. The largest absolute Gasteiger partial charge is 0.466 e. The predicted octanol–water partition coefficient (Wildman–Crippen LogP) is 1.80. The van der Waals surface area contributed by atoms with Gasteiger partial charge in [0.05, 0.1) is 18.0 Å². The fourth-order valence-corrected chi connectivity index (χ4v) is 3.27. The van der Waals surface area contributed by atoms with Gasteiger partial charge in [-0.1, -0.05) is 12.1 Å². The first kappa shape index (κ1) is 17.2. The quantitative estimate of drug-likeness (QED) is 0.795. The van der Waals surface area contributed by atoms with Crippen LogP contribution in [0.3, 0.4) is 0 Å². The molecule has 2 aromatic rings. The predicted molar refractivity (Wildman–Crippen MR) is 94.1 cm³/mol. The fourth-order valence-electron chi connectivity index (χ4n) is 3.27. The SMILES string of the molecule is CCOC(=O)C1CCN(C(=O)Cn2ccc(=O)c3ccccc32)CC1. The number of ether oxygens (including phenoxy) is 1. The van der Waals surface area contributed by atoms with Crippen LogP contribution >= 0.6 is 0 Å². The smallest absolute Gasteiger partial charge is 0.309 e. The highest BCUT2D eigenvalue weighted by atomic mass is 16.5. The molecule has 1 fully saturated rings. The van der Waals surface area contributed by atoms with E-state index in [2.05, 4.69) is 0 Å². The third-order valence-electron chi connectivity index (χ3n) is 4.66. The first-order valence-corrected chi connectivity index (χ1v) is 8.62. The number of piperidine rings is 1. The third-order valence-corrected chi connectivity index (χ3v) is 4.66. The van der Waals surface area contributed by atoms with Crippen molar-refractivity contribution in [3.05, 3.63) is 46.8 Å². The number of likely N-dealkylation sites (tertiary alicyclic amines) is 1. The van der Waals surface area contributed by atoms with Gasteiger partial charge in [-0.25, -0.2) is 0 Å². The molecular weight excluding hydrogens is 320 g/mol. The van der Waals surface area contributed by atoms with E-state index in [1.54, 1.807) is 28.7 Å². The van der Waals surface area contributed by atoms with Gasteiger partial charge < -0.3 is 14.2 Å². The van der Waals surface area contributed by atoms with Crippen molar-refractivity contribution in [2.45, 2.75) is 26.3 Å². The average Bonchev–Trinajstić information content (AvgIpc) is 2.64. The van der Waals surface area contributed by atoms with Crippen LogP contribution in [0.5, 0.6) is 0 Å². The first-order chi connectivity index (χ1) is 12.1. The number of esters is 1. The molecule has 6 nitrogen and oxygen atoms in total. The minimum absolute atomic E-state index is 0.00360. The number of carbonyl (C=O) groups excluding carboxylic acids is 2. The van der Waals surface area contributed by atoms with Crippen LogP contribution in [0.1, 0.15) is 19.8 Å². The highest BCUT2D eigenvalue weighted by Crippen LogP contribution is 2.19. The summed E-state index contributed by atoms with van der Waals surface area (Å²) in [6, 6.07) is 8.77. The van der Waals surface area contributed by atoms with E-state index in [0.29, 0.717) is 37.9 Å². The van der Waals surface area contributed by atoms with E-state index in [1.807, 2.05) is 18.2 Å². The van der Waals surface area contributed by atoms with Gasteiger partial charge in [-0.2, -0.15) is 0 Å². The van der Waals surface area contributed by atoms with Crippen LogP contribution in [0.2, 0.25) is 0 Å². The Balaban J connectivity index is 1.67. The van der Waals surface area contributed by atoms with E-state index in [4.69, 9.17) is 4.74 Å². The Morgan fingerprint density at radius 3 is 2.60 bits per heavy atom. The Bertz CT molecular complexity index is 835. The molecule has 1 aliphatic heterocycles. The zero-order valence-corrected chi connectivity index (χ0v) is 14.3. The third kappa shape index (κ3) is 3.73. The van der Waals surface area contributed by atoms with Gasteiger partial charge in [0.25, 0.3) is 0 Å². The van der Waals surface area contributed by atoms with Crippen LogP contribution in [0.4, 0.5) is 0 Å². The Labute approximate surface area is 146 Å². The number of hydrogen-bond donors (Lipinski definition) is 0. The average molecular weight is 342 g/mol. The second-order valence-corrected chi connectivity index (χ2v) is 6.23. The minimum Gasteiger partial charge on any atom is -0.466 e. The van der Waals surface area contributed by atoms with E-state index >= 15 is 0 Å². The second kappa shape index (κ2) is 7.51. The number of para-hydroxylation sites is 1. The molecule has 1 saturated heterocycles. The van der Waals surface area contributed by atoms with Crippen LogP contribution in [0.25, 0.3) is 10.9 Å². The van der Waals surface area contributed by atoms with E-state index in [0.717, 1.165) is 5.52 Å². The van der Waals surface area contributed by atoms with Crippen LogP contribution in [-0.4, -0.2) is 41.0 Å². The molecule has 3 rings (SSSR count). The van der Waals surface area contributed by atoms with Gasteiger partial charge >= 0.3 is 5.97 Å². The topological polar surface area (TPSA) is 68.6 Å². The van der Waals surface area contributed by atoms with Crippen LogP contribution < -0.4 is 5.43 Å². The summed E-state index contributed by atoms with van der Waals surface area (Å²) in [6.45, 7) is 3.48. The van der Waals surface area contributed by atoms with Gasteiger partial charge in [0.1, 0.15) is 6.54 Å². The molecular formula is C19H22N2O4. The highest BCUT2D eigenvalue weighted by Gasteiger charge is 2.28. The molecule has 0 radical (unpaired) electrons. The molecule has 1 aromatic heterocycles. The van der Waals surface area contributed by atoms with Crippen molar-refractivity contribution in [2.75, 3.05) is 19.7 Å². The zero-order chi connectivity index (χ0) is 17.8. The summed E-state index contributed by atoms with van der Waals surface area (Å²) in [5.74, 6) is -0.283. The lowest BCUT2D eigenvalue weighted by molar-refractivity contribution is -0.151. The summed E-state index contributed by atoms with van der Waals surface area (Å²) in [6.07, 6.45) is 2.93. The number of aromatic nitrogens is 1. The normalized spacial score (nSPS) is 15.3. The minimum atomic E-state index is -0.166. The maximum atomic E-state index is 12.6. The Morgan fingerprint density at radius 1 is 1.16 bits per heavy atom. The maximum Gasteiger partial charge on any atom is 0.309 e. The molecule has 0 spiro atoms. The number of fused-ring (bicyclic) bond motifs is 1. The molecule has 1 aromatic carbocycles. The lowest BCUT2D eigenvalue weighted by Gasteiger charge is -2.31. The van der Waals surface area contributed by atoms with Crippen molar-refractivity contribution in [3.8, 4) is 0 Å². The van der Waals surface area contributed by atoms with Gasteiger partial charge in [0.2, 0.25) is 5.91 Å². The van der Waals surface area contributed by atoms with E-state index in [1.165, 1.54) is 6.07 Å². The van der Waals surface area contributed by atoms with Crippen molar-refractivity contribution in [3.63, 3.8) is 0 Å². The summed E-state index contributed by atoms with van der Waals surface area (Å²) in [7, 11) is 0. The maximum absolute atomic E-state index is 12.6. The molecule has 0 aliphatic carbocycles. The summed E-state index contributed by atoms with van der Waals surface area (Å²) in [5.41, 5.74) is 0.708. The van der Waals surface area contributed by atoms with Gasteiger partial charge in [0, 0.05) is 30.7 Å². The molecule has 0 atom stereocenters. The van der Waals surface area contributed by atoms with Gasteiger partial charge in [-0.3, -0.25) is 14.4 Å². The van der Waals surface area contributed by atoms with Crippen molar-refractivity contribution >= 4 is 22.8 Å². The van der Waals surface area contributed by atoms with Gasteiger partial charge in [-0.15, -0.1) is 0 Å². The molecule has 0 unspecified atom stereocenters. The molecule has 1 amide bonds. The monoisotopic (exact) mass is 342 g/mol. The summed E-state index contributed by atoms with van der Waals surface area (Å²) < 4.78 is 6.86. The molecule has 1 aliphatic rings. The fraction of sp³-hybridized carbons (Fsp3) is 0.421.